The van der Waals surface area contributed by atoms with Crippen molar-refractivity contribution in [2.45, 2.75) is 59.4 Å². The minimum atomic E-state index is 0.481. The Morgan fingerprint density at radius 3 is 2.35 bits per heavy atom. The van der Waals surface area contributed by atoms with Crippen molar-refractivity contribution in [3.8, 4) is 0 Å². The van der Waals surface area contributed by atoms with Gasteiger partial charge >= 0.3 is 0 Å². The molecule has 0 aliphatic rings. The molecule has 0 bridgehead atoms. The second-order valence-electron chi connectivity index (χ2n) is 6.04. The second kappa shape index (κ2) is 8.84. The Bertz CT molecular complexity index is 382. The molecule has 1 aromatic rings. The summed E-state index contributed by atoms with van der Waals surface area (Å²) in [6.07, 6.45) is 4.70. The molecule has 0 fully saturated rings. The van der Waals surface area contributed by atoms with Crippen LogP contribution in [0.3, 0.4) is 0 Å². The maximum atomic E-state index is 4.26. The van der Waals surface area contributed by atoms with Gasteiger partial charge in [0.2, 0.25) is 0 Å². The molecular weight excluding hydrogens is 242 g/mol. The first-order chi connectivity index (χ1) is 9.58. The van der Waals surface area contributed by atoms with Crippen LogP contribution in [0.2, 0.25) is 0 Å². The quantitative estimate of drug-likeness (QED) is 0.653. The van der Waals surface area contributed by atoms with Crippen molar-refractivity contribution in [2.24, 2.45) is 11.8 Å². The van der Waals surface area contributed by atoms with Crippen LogP contribution in [-0.2, 0) is 6.42 Å². The van der Waals surface area contributed by atoms with Gasteiger partial charge in [0.05, 0.1) is 0 Å². The highest BCUT2D eigenvalue weighted by molar-refractivity contribution is 5.17. The van der Waals surface area contributed by atoms with E-state index in [4.69, 9.17) is 0 Å². The maximum absolute atomic E-state index is 4.26. The summed E-state index contributed by atoms with van der Waals surface area (Å²) < 4.78 is 0. The Morgan fingerprint density at radius 1 is 1.15 bits per heavy atom. The van der Waals surface area contributed by atoms with Gasteiger partial charge in [0.25, 0.3) is 0 Å². The molecule has 0 aliphatic carbocycles. The molecule has 2 unspecified atom stereocenters. The number of hydrogen-bond donors (Lipinski definition) is 1. The van der Waals surface area contributed by atoms with E-state index >= 15 is 0 Å². The van der Waals surface area contributed by atoms with E-state index in [0.29, 0.717) is 17.9 Å². The molecule has 0 spiro atoms. The fourth-order valence-corrected chi connectivity index (χ4v) is 2.53. The monoisotopic (exact) mass is 273 g/mol. The number of rotatable bonds is 9. The van der Waals surface area contributed by atoms with Gasteiger partial charge in [0.15, 0.2) is 0 Å². The van der Waals surface area contributed by atoms with Crippen molar-refractivity contribution in [1.82, 2.24) is 5.32 Å². The average Bonchev–Trinajstić information content (AvgIpc) is 2.47. The van der Waals surface area contributed by atoms with Gasteiger partial charge < -0.3 is 5.32 Å². The molecule has 1 heteroatoms. The minimum Gasteiger partial charge on any atom is -0.385 e. The van der Waals surface area contributed by atoms with E-state index in [2.05, 4.69) is 69.9 Å². The molecule has 0 heterocycles. The van der Waals surface area contributed by atoms with Gasteiger partial charge in [0.1, 0.15) is 0 Å². The molecule has 0 amide bonds. The fraction of sp³-hybridized carbons (Fsp3) is 0.579. The Kier molecular flexibility index (Phi) is 7.43. The largest absolute Gasteiger partial charge is 0.385 e. The van der Waals surface area contributed by atoms with E-state index < -0.39 is 0 Å². The van der Waals surface area contributed by atoms with Crippen molar-refractivity contribution in [3.05, 3.63) is 48.2 Å². The summed E-state index contributed by atoms with van der Waals surface area (Å²) in [6, 6.07) is 11.2. The van der Waals surface area contributed by atoms with E-state index in [1.807, 2.05) is 0 Å². The van der Waals surface area contributed by atoms with E-state index in [1.165, 1.54) is 30.5 Å². The predicted molar refractivity (Wildman–Crippen MR) is 89.7 cm³/mol. The standard InChI is InChI=1S/C19H31N/c1-6-11-16(4)17(5)20-19(15(3)7-2)14-18-12-9-8-10-13-18/h8-10,12-13,15-16,19-20H,5-7,11,14H2,1-4H3/t15-,16?,19?/m0/s1. The zero-order valence-electron chi connectivity index (χ0n) is 13.7. The molecule has 112 valence electrons. The van der Waals surface area contributed by atoms with Crippen LogP contribution in [0.15, 0.2) is 42.6 Å². The fourth-order valence-electron chi connectivity index (χ4n) is 2.53. The number of allylic oxidation sites excluding steroid dienone is 1. The summed E-state index contributed by atoms with van der Waals surface area (Å²) in [4.78, 5) is 0. The van der Waals surface area contributed by atoms with Crippen LogP contribution in [0, 0.1) is 11.8 Å². The van der Waals surface area contributed by atoms with Gasteiger partial charge in [0, 0.05) is 11.7 Å². The van der Waals surface area contributed by atoms with Crippen LogP contribution in [0.1, 0.15) is 52.5 Å². The van der Waals surface area contributed by atoms with Crippen molar-refractivity contribution in [3.63, 3.8) is 0 Å². The van der Waals surface area contributed by atoms with Crippen LogP contribution in [0.5, 0.6) is 0 Å². The van der Waals surface area contributed by atoms with Gasteiger partial charge in [-0.15, -0.1) is 0 Å². The first kappa shape index (κ1) is 16.8. The normalized spacial score (nSPS) is 15.4. The van der Waals surface area contributed by atoms with Crippen LogP contribution in [0.4, 0.5) is 0 Å². The molecule has 1 rings (SSSR count). The van der Waals surface area contributed by atoms with Gasteiger partial charge in [-0.2, -0.15) is 0 Å². The number of hydrogen-bond acceptors (Lipinski definition) is 1. The van der Waals surface area contributed by atoms with E-state index in [1.54, 1.807) is 0 Å². The zero-order chi connectivity index (χ0) is 15.0. The number of nitrogens with one attached hydrogen (secondary N) is 1. The third-order valence-electron chi connectivity index (χ3n) is 4.32. The van der Waals surface area contributed by atoms with Gasteiger partial charge in [-0.25, -0.2) is 0 Å². The van der Waals surface area contributed by atoms with Gasteiger partial charge in [-0.3, -0.25) is 0 Å². The van der Waals surface area contributed by atoms with Gasteiger partial charge in [-0.05, 0) is 30.2 Å². The minimum absolute atomic E-state index is 0.481. The third-order valence-corrected chi connectivity index (χ3v) is 4.32. The second-order valence-corrected chi connectivity index (χ2v) is 6.04. The Morgan fingerprint density at radius 2 is 1.80 bits per heavy atom. The molecule has 3 atom stereocenters. The summed E-state index contributed by atoms with van der Waals surface area (Å²) in [5, 5.41) is 3.71. The molecule has 20 heavy (non-hydrogen) atoms. The van der Waals surface area contributed by atoms with E-state index in [0.717, 1.165) is 6.42 Å². The third kappa shape index (κ3) is 5.40. The number of benzene rings is 1. The molecule has 0 saturated carbocycles. The molecule has 1 nitrogen and oxygen atoms in total. The SMILES string of the molecule is C=C(NC(Cc1ccccc1)[C@@H](C)CC)C(C)CCC. The first-order valence-electron chi connectivity index (χ1n) is 8.07. The summed E-state index contributed by atoms with van der Waals surface area (Å²) in [6.45, 7) is 13.4. The topological polar surface area (TPSA) is 12.0 Å². The van der Waals surface area contributed by atoms with Crippen LogP contribution >= 0.6 is 0 Å². The molecule has 0 aliphatic heterocycles. The highest BCUT2D eigenvalue weighted by atomic mass is 14.9. The molecular formula is C19H31N. The van der Waals surface area contributed by atoms with E-state index in [9.17, 15) is 0 Å². The molecule has 1 N–H and O–H groups in total. The Labute approximate surface area is 125 Å². The predicted octanol–water partition coefficient (Wildman–Crippen LogP) is 5.18. The lowest BCUT2D eigenvalue weighted by Crippen LogP contribution is -2.37. The van der Waals surface area contributed by atoms with Crippen molar-refractivity contribution in [1.29, 1.82) is 0 Å². The van der Waals surface area contributed by atoms with Crippen LogP contribution in [0.25, 0.3) is 0 Å². The van der Waals surface area contributed by atoms with Gasteiger partial charge in [-0.1, -0.05) is 77.4 Å². The van der Waals surface area contributed by atoms with Crippen molar-refractivity contribution >= 4 is 0 Å². The average molecular weight is 273 g/mol. The molecule has 0 radical (unpaired) electrons. The first-order valence-corrected chi connectivity index (χ1v) is 8.07. The Balaban J connectivity index is 2.67. The Hall–Kier alpha value is -1.24. The lowest BCUT2D eigenvalue weighted by molar-refractivity contribution is 0.371. The summed E-state index contributed by atoms with van der Waals surface area (Å²) >= 11 is 0. The summed E-state index contributed by atoms with van der Waals surface area (Å²) in [5.41, 5.74) is 2.61. The lowest BCUT2D eigenvalue weighted by atomic mass is 9.91. The van der Waals surface area contributed by atoms with Crippen molar-refractivity contribution in [2.75, 3.05) is 0 Å². The molecule has 1 aromatic carbocycles. The van der Waals surface area contributed by atoms with Crippen LogP contribution in [-0.4, -0.2) is 6.04 Å². The molecule has 0 saturated heterocycles. The summed E-state index contributed by atoms with van der Waals surface area (Å²) in [5.74, 6) is 1.21. The van der Waals surface area contributed by atoms with Crippen molar-refractivity contribution < 1.29 is 0 Å². The highest BCUT2D eigenvalue weighted by Gasteiger charge is 2.18. The smallest absolute Gasteiger partial charge is 0.0323 e. The maximum Gasteiger partial charge on any atom is 0.0323 e. The lowest BCUT2D eigenvalue weighted by Gasteiger charge is -2.29. The summed E-state index contributed by atoms with van der Waals surface area (Å²) in [7, 11) is 0. The van der Waals surface area contributed by atoms with E-state index in [-0.39, 0.29) is 0 Å². The highest BCUT2D eigenvalue weighted by Crippen LogP contribution is 2.19. The zero-order valence-corrected chi connectivity index (χ0v) is 13.7. The van der Waals surface area contributed by atoms with Crippen LogP contribution < -0.4 is 5.32 Å². The molecule has 0 aromatic heterocycles.